The molecule has 0 saturated carbocycles. The summed E-state index contributed by atoms with van der Waals surface area (Å²) < 4.78 is 0. The first kappa shape index (κ1) is 53.8. The molecule has 0 unspecified atom stereocenters. The maximum atomic E-state index is 13.9. The highest BCUT2D eigenvalue weighted by molar-refractivity contribution is 5.98. The maximum Gasteiger partial charge on any atom is 0.326 e. The van der Waals surface area contributed by atoms with Crippen LogP contribution in [0.5, 0.6) is 0 Å². The van der Waals surface area contributed by atoms with Crippen molar-refractivity contribution in [3.8, 4) is 0 Å². The molecule has 7 amide bonds. The summed E-state index contributed by atoms with van der Waals surface area (Å²) in [5.74, 6) is -11.7. The minimum Gasteiger partial charge on any atom is -0.481 e. The number of nitrogens with one attached hydrogen (secondary N) is 8. The van der Waals surface area contributed by atoms with Gasteiger partial charge in [0.25, 0.3) is 0 Å². The molecule has 1 aromatic heterocycles. The van der Waals surface area contributed by atoms with Crippen molar-refractivity contribution in [2.45, 2.75) is 148 Å². The van der Waals surface area contributed by atoms with Crippen molar-refractivity contribution in [3.63, 3.8) is 0 Å². The number of aromatic nitrogens is 2. The van der Waals surface area contributed by atoms with Gasteiger partial charge in [-0.3, -0.25) is 43.2 Å². The molecule has 0 fully saturated rings. The Morgan fingerprint density at radius 3 is 1.47 bits per heavy atom. The van der Waals surface area contributed by atoms with Gasteiger partial charge in [0.05, 0.1) is 24.2 Å². The van der Waals surface area contributed by atoms with Gasteiger partial charge in [-0.05, 0) is 45.4 Å². The fourth-order valence-electron chi connectivity index (χ4n) is 5.68. The number of aliphatic hydroxyl groups is 1. The van der Waals surface area contributed by atoms with E-state index in [2.05, 4.69) is 47.2 Å². The number of hydrogen-bond donors (Lipinski definition) is 13. The summed E-state index contributed by atoms with van der Waals surface area (Å²) >= 11 is 0. The number of aromatic amines is 1. The third-order valence-corrected chi connectivity index (χ3v) is 9.96. The minimum absolute atomic E-state index is 0.269. The molecule has 24 heteroatoms. The number of aliphatic carboxylic acids is 3. The van der Waals surface area contributed by atoms with E-state index < -0.39 is 145 Å². The van der Waals surface area contributed by atoms with Gasteiger partial charge in [-0.15, -0.1) is 0 Å². The largest absolute Gasteiger partial charge is 0.481 e. The Morgan fingerprint density at radius 2 is 1.03 bits per heavy atom. The monoisotopic (exact) mass is 882 g/mol. The zero-order valence-corrected chi connectivity index (χ0v) is 35.9. The Bertz CT molecular complexity index is 1720. The Kier molecular flexibility index (Phi) is 22.8. The maximum absolute atomic E-state index is 13.9. The van der Waals surface area contributed by atoms with Crippen molar-refractivity contribution in [2.75, 3.05) is 0 Å². The lowest BCUT2D eigenvalue weighted by molar-refractivity contribution is -0.144. The van der Waals surface area contributed by atoms with Crippen LogP contribution < -0.4 is 43.0 Å². The van der Waals surface area contributed by atoms with Gasteiger partial charge in [-0.1, -0.05) is 40.5 Å². The zero-order valence-electron chi connectivity index (χ0n) is 35.9. The van der Waals surface area contributed by atoms with E-state index >= 15 is 0 Å². The molecule has 0 aliphatic carbocycles. The topological polar surface area (TPSA) is 391 Å². The molecule has 0 aliphatic rings. The number of H-pyrrole nitrogens is 1. The third kappa shape index (κ3) is 18.2. The number of nitrogens with two attached hydrogens (primary N) is 1. The molecule has 0 spiro atoms. The van der Waals surface area contributed by atoms with Crippen molar-refractivity contribution in [3.05, 3.63) is 18.2 Å². The molecule has 0 radical (unpaired) electrons. The molecule has 24 nitrogen and oxygen atoms in total. The van der Waals surface area contributed by atoms with Crippen molar-refractivity contribution < 1.29 is 68.4 Å². The Hall–Kier alpha value is -6.17. The molecular formula is C38H62N10O14. The van der Waals surface area contributed by atoms with E-state index in [-0.39, 0.29) is 18.5 Å². The molecule has 11 atom stereocenters. The second-order valence-electron chi connectivity index (χ2n) is 15.1. The van der Waals surface area contributed by atoms with Crippen molar-refractivity contribution in [2.24, 2.45) is 17.6 Å². The van der Waals surface area contributed by atoms with Gasteiger partial charge < -0.3 is 68.4 Å². The van der Waals surface area contributed by atoms with Gasteiger partial charge in [0.1, 0.15) is 42.3 Å². The quantitative estimate of drug-likeness (QED) is 0.0399. The van der Waals surface area contributed by atoms with Gasteiger partial charge in [-0.2, -0.15) is 0 Å². The molecule has 0 bridgehead atoms. The average Bonchev–Trinajstić information content (AvgIpc) is 3.72. The highest BCUT2D eigenvalue weighted by Crippen LogP contribution is 2.13. The predicted octanol–water partition coefficient (Wildman–Crippen LogP) is -3.00. The second kappa shape index (κ2) is 26.2. The zero-order chi connectivity index (χ0) is 47.4. The summed E-state index contributed by atoms with van der Waals surface area (Å²) in [7, 11) is 0. The SMILES string of the molecule is CC[C@H](C)[C@H](NC(=O)[C@H](CCC(=O)O)NC(=O)[C@H](C)NC(=O)[C@@H](NC(=O)[C@H](Cc1c[nH]cn1)NC(=O)[C@@H](NC(=O)[C@H](CCC(=O)O)NC(=O)[C@H](C)N)[C@@H](C)CC)[C@@H](C)O)C(=O)O. The van der Waals surface area contributed by atoms with E-state index in [1.165, 1.54) is 26.4 Å². The lowest BCUT2D eigenvalue weighted by Gasteiger charge is -2.29. The van der Waals surface area contributed by atoms with Crippen LogP contribution in [-0.4, -0.2) is 144 Å². The number of carbonyl (C=O) groups is 10. The first-order valence-corrected chi connectivity index (χ1v) is 20.1. The van der Waals surface area contributed by atoms with Gasteiger partial charge in [0, 0.05) is 25.5 Å². The second-order valence-corrected chi connectivity index (χ2v) is 15.1. The van der Waals surface area contributed by atoms with Crippen LogP contribution in [0.2, 0.25) is 0 Å². The van der Waals surface area contributed by atoms with Crippen LogP contribution in [-0.2, 0) is 54.4 Å². The van der Waals surface area contributed by atoms with Crippen molar-refractivity contribution in [1.29, 1.82) is 0 Å². The van der Waals surface area contributed by atoms with Crippen LogP contribution in [0.3, 0.4) is 0 Å². The fraction of sp³-hybridized carbons (Fsp3) is 0.658. The number of hydrogen-bond acceptors (Lipinski definition) is 13. The minimum atomic E-state index is -1.76. The number of nitrogens with zero attached hydrogens (tertiary/aromatic N) is 1. The van der Waals surface area contributed by atoms with Crippen LogP contribution in [0.1, 0.15) is 92.7 Å². The summed E-state index contributed by atoms with van der Waals surface area (Å²) in [5.41, 5.74) is 5.88. The molecule has 1 rings (SSSR count). The van der Waals surface area contributed by atoms with Gasteiger partial charge in [-0.25, -0.2) is 9.78 Å². The van der Waals surface area contributed by atoms with Crippen molar-refractivity contribution in [1.82, 2.24) is 47.2 Å². The molecule has 0 aliphatic heterocycles. The summed E-state index contributed by atoms with van der Waals surface area (Å²) in [6, 6.07) is -11.4. The summed E-state index contributed by atoms with van der Waals surface area (Å²) in [6.45, 7) is 10.3. The molecule has 1 heterocycles. The summed E-state index contributed by atoms with van der Waals surface area (Å²) in [4.78, 5) is 134. The number of carbonyl (C=O) groups excluding carboxylic acids is 7. The van der Waals surface area contributed by atoms with E-state index in [9.17, 15) is 68.4 Å². The van der Waals surface area contributed by atoms with E-state index in [0.29, 0.717) is 12.8 Å². The fourth-order valence-corrected chi connectivity index (χ4v) is 5.68. The molecule has 0 saturated heterocycles. The third-order valence-electron chi connectivity index (χ3n) is 9.96. The van der Waals surface area contributed by atoms with Gasteiger partial charge in [0.15, 0.2) is 0 Å². The number of rotatable bonds is 28. The van der Waals surface area contributed by atoms with Gasteiger partial charge >= 0.3 is 17.9 Å². The lowest BCUT2D eigenvalue weighted by Crippen LogP contribution is -2.62. The number of amides is 7. The van der Waals surface area contributed by atoms with Crippen LogP contribution in [0.4, 0.5) is 0 Å². The van der Waals surface area contributed by atoms with E-state index in [1.54, 1.807) is 27.7 Å². The van der Waals surface area contributed by atoms with E-state index in [1.807, 2.05) is 0 Å². The predicted molar refractivity (Wildman–Crippen MR) is 217 cm³/mol. The van der Waals surface area contributed by atoms with Gasteiger partial charge in [0.2, 0.25) is 41.4 Å². The standard InChI is InChI=1S/C38H62N10O14/c1-8-17(3)28(46-33(56)23(10-12-26(50)51)43-31(54)19(5)39)36(59)45-25(14-22-15-40-16-41-22)35(58)48-30(21(7)49)37(60)42-20(6)32(55)44-24(11-13-27(52)53)34(57)47-29(38(61)62)18(4)9-2/h15-21,23-25,28-30,49H,8-14,39H2,1-7H3,(H,40,41)(H,42,60)(H,43,54)(H,44,55)(H,45,59)(H,46,56)(H,47,57)(H,48,58)(H,50,51)(H,52,53)(H,61,62)/t17-,18-,19-,20-,21+,23-,24-,25-,28-,29-,30-/m0/s1. The number of imidazole rings is 1. The van der Waals surface area contributed by atoms with E-state index in [0.717, 1.165) is 6.92 Å². The molecule has 348 valence electrons. The normalized spacial score (nSPS) is 16.4. The molecule has 62 heavy (non-hydrogen) atoms. The number of aliphatic hydroxyl groups excluding tert-OH is 1. The Balaban J connectivity index is 3.32. The lowest BCUT2D eigenvalue weighted by atomic mass is 9.96. The first-order valence-electron chi connectivity index (χ1n) is 20.1. The average molecular weight is 883 g/mol. The van der Waals surface area contributed by atoms with Crippen molar-refractivity contribution >= 4 is 59.3 Å². The van der Waals surface area contributed by atoms with Crippen LogP contribution in [0.25, 0.3) is 0 Å². The number of carboxylic acids is 3. The molecule has 14 N–H and O–H groups in total. The van der Waals surface area contributed by atoms with E-state index in [4.69, 9.17) is 5.73 Å². The smallest absolute Gasteiger partial charge is 0.326 e. The molecule has 0 aromatic carbocycles. The summed E-state index contributed by atoms with van der Waals surface area (Å²) in [6.07, 6.45) is -0.352. The summed E-state index contributed by atoms with van der Waals surface area (Å²) in [5, 5.41) is 55.3. The number of carboxylic acid groups (broad SMARTS) is 3. The van der Waals surface area contributed by atoms with Crippen LogP contribution >= 0.6 is 0 Å². The molecular weight excluding hydrogens is 820 g/mol. The molecule has 1 aromatic rings. The first-order chi connectivity index (χ1) is 28.9. The van der Waals surface area contributed by atoms with Crippen LogP contribution in [0.15, 0.2) is 12.5 Å². The Morgan fingerprint density at radius 1 is 0.597 bits per heavy atom. The Labute approximate surface area is 358 Å². The van der Waals surface area contributed by atoms with Crippen LogP contribution in [0, 0.1) is 11.8 Å². The highest BCUT2D eigenvalue weighted by Gasteiger charge is 2.36. The highest BCUT2D eigenvalue weighted by atomic mass is 16.4.